The van der Waals surface area contributed by atoms with Gasteiger partial charge in [0.25, 0.3) is 0 Å². The van der Waals surface area contributed by atoms with Crippen LogP contribution in [0.4, 0.5) is 0 Å². The standard InChI is InChI=1S/C12H20O2/c1-5-6-7-8-9-10-14-11(13)12(2,3)4/h5-8H2,1-4H3. The Morgan fingerprint density at radius 1 is 1.29 bits per heavy atom. The summed E-state index contributed by atoms with van der Waals surface area (Å²) >= 11 is 0. The predicted molar refractivity (Wildman–Crippen MR) is 57.5 cm³/mol. The zero-order chi connectivity index (χ0) is 11.0. The van der Waals surface area contributed by atoms with E-state index < -0.39 is 5.41 Å². The van der Waals surface area contributed by atoms with Gasteiger partial charge >= 0.3 is 5.97 Å². The third-order valence-electron chi connectivity index (χ3n) is 1.73. The van der Waals surface area contributed by atoms with Crippen LogP contribution >= 0.6 is 0 Å². The molecule has 2 heteroatoms. The Balaban J connectivity index is 3.66. The van der Waals surface area contributed by atoms with Crippen LogP contribution in [0.25, 0.3) is 0 Å². The van der Waals surface area contributed by atoms with Crippen molar-refractivity contribution in [2.45, 2.75) is 53.4 Å². The van der Waals surface area contributed by atoms with Crippen molar-refractivity contribution in [1.82, 2.24) is 0 Å². The number of carbonyl (C=O) groups is 1. The van der Waals surface area contributed by atoms with E-state index in [0.29, 0.717) is 0 Å². The molecule has 0 spiro atoms. The van der Waals surface area contributed by atoms with Gasteiger partial charge in [0.1, 0.15) is 6.11 Å². The summed E-state index contributed by atoms with van der Waals surface area (Å²) < 4.78 is 4.79. The summed E-state index contributed by atoms with van der Waals surface area (Å²) in [6.07, 6.45) is 6.71. The van der Waals surface area contributed by atoms with E-state index in [1.807, 2.05) is 20.8 Å². The number of esters is 1. The molecule has 0 aromatic rings. The molecule has 0 aromatic heterocycles. The molecule has 0 aliphatic heterocycles. The van der Waals surface area contributed by atoms with Gasteiger partial charge in [-0.2, -0.15) is 0 Å². The minimum absolute atomic E-state index is 0.263. The monoisotopic (exact) mass is 196 g/mol. The van der Waals surface area contributed by atoms with Crippen molar-refractivity contribution in [3.8, 4) is 12.0 Å². The van der Waals surface area contributed by atoms with Gasteiger partial charge < -0.3 is 4.74 Å². The number of unbranched alkanes of at least 4 members (excludes halogenated alkanes) is 3. The highest BCUT2D eigenvalue weighted by Crippen LogP contribution is 2.14. The molecule has 0 N–H and O–H groups in total. The first-order chi connectivity index (χ1) is 6.48. The Bertz CT molecular complexity index is 225. The SMILES string of the molecule is CCCCCC#COC(=O)C(C)(C)C. The van der Waals surface area contributed by atoms with Crippen LogP contribution in [0, 0.1) is 17.4 Å². The molecular formula is C12H20O2. The van der Waals surface area contributed by atoms with E-state index in [1.54, 1.807) is 0 Å². The smallest absolute Gasteiger partial charge is 0.325 e. The van der Waals surface area contributed by atoms with E-state index in [2.05, 4.69) is 19.0 Å². The Kier molecular flexibility index (Phi) is 6.03. The van der Waals surface area contributed by atoms with Gasteiger partial charge in [0.05, 0.1) is 5.41 Å². The van der Waals surface area contributed by atoms with Crippen molar-refractivity contribution in [3.63, 3.8) is 0 Å². The molecule has 0 rings (SSSR count). The topological polar surface area (TPSA) is 26.3 Å². The average Bonchev–Trinajstić information content (AvgIpc) is 2.09. The summed E-state index contributed by atoms with van der Waals surface area (Å²) in [5.41, 5.74) is -0.460. The van der Waals surface area contributed by atoms with Gasteiger partial charge in [0, 0.05) is 6.42 Å². The van der Waals surface area contributed by atoms with Gasteiger partial charge in [0.2, 0.25) is 0 Å². The van der Waals surface area contributed by atoms with Gasteiger partial charge in [0.15, 0.2) is 0 Å². The van der Waals surface area contributed by atoms with E-state index >= 15 is 0 Å². The van der Waals surface area contributed by atoms with Crippen molar-refractivity contribution < 1.29 is 9.53 Å². The summed E-state index contributed by atoms with van der Waals surface area (Å²) in [5, 5.41) is 0. The number of ether oxygens (including phenoxy) is 1. The van der Waals surface area contributed by atoms with Gasteiger partial charge in [-0.05, 0) is 27.2 Å². The summed E-state index contributed by atoms with van der Waals surface area (Å²) in [7, 11) is 0. The first kappa shape index (κ1) is 13.0. The maximum Gasteiger partial charge on any atom is 0.325 e. The molecule has 0 atom stereocenters. The normalized spacial score (nSPS) is 10.3. The van der Waals surface area contributed by atoms with E-state index in [9.17, 15) is 4.79 Å². The highest BCUT2D eigenvalue weighted by molar-refractivity contribution is 5.76. The molecule has 0 unspecified atom stereocenters. The molecule has 0 saturated heterocycles. The lowest BCUT2D eigenvalue weighted by molar-refractivity contribution is -0.145. The van der Waals surface area contributed by atoms with Gasteiger partial charge in [-0.25, -0.2) is 0 Å². The van der Waals surface area contributed by atoms with Crippen LogP contribution in [-0.2, 0) is 9.53 Å². The first-order valence-electron chi connectivity index (χ1n) is 5.17. The van der Waals surface area contributed by atoms with Crippen molar-refractivity contribution in [1.29, 1.82) is 0 Å². The van der Waals surface area contributed by atoms with E-state index in [4.69, 9.17) is 4.74 Å². The number of hydrogen-bond donors (Lipinski definition) is 0. The van der Waals surface area contributed by atoms with E-state index in [0.717, 1.165) is 12.8 Å². The van der Waals surface area contributed by atoms with Crippen molar-refractivity contribution in [2.75, 3.05) is 0 Å². The molecule has 0 fully saturated rings. The first-order valence-corrected chi connectivity index (χ1v) is 5.17. The molecule has 2 nitrogen and oxygen atoms in total. The summed E-state index contributed by atoms with van der Waals surface area (Å²) in [6, 6.07) is 0. The molecular weight excluding hydrogens is 176 g/mol. The van der Waals surface area contributed by atoms with Crippen molar-refractivity contribution in [3.05, 3.63) is 0 Å². The lowest BCUT2D eigenvalue weighted by Crippen LogP contribution is -2.21. The number of rotatable bonds is 3. The molecule has 0 aromatic carbocycles. The summed E-state index contributed by atoms with van der Waals surface area (Å²) in [5.74, 6) is 2.57. The van der Waals surface area contributed by atoms with Gasteiger partial charge in [-0.3, -0.25) is 4.79 Å². The van der Waals surface area contributed by atoms with Crippen LogP contribution in [0.5, 0.6) is 0 Å². The Labute approximate surface area is 87.0 Å². The molecule has 0 heterocycles. The molecule has 0 bridgehead atoms. The quantitative estimate of drug-likeness (QED) is 0.394. The van der Waals surface area contributed by atoms with Gasteiger partial charge in [-0.15, -0.1) is 0 Å². The zero-order valence-corrected chi connectivity index (χ0v) is 9.64. The highest BCUT2D eigenvalue weighted by Gasteiger charge is 2.22. The average molecular weight is 196 g/mol. The fraction of sp³-hybridized carbons (Fsp3) is 0.750. The molecule has 0 radical (unpaired) electrons. The fourth-order valence-electron chi connectivity index (χ4n) is 0.750. The Morgan fingerprint density at radius 3 is 2.43 bits per heavy atom. The van der Waals surface area contributed by atoms with Crippen LogP contribution in [0.1, 0.15) is 53.4 Å². The van der Waals surface area contributed by atoms with Crippen LogP contribution < -0.4 is 0 Å². The van der Waals surface area contributed by atoms with E-state index in [1.165, 1.54) is 12.8 Å². The number of hydrogen-bond acceptors (Lipinski definition) is 2. The van der Waals surface area contributed by atoms with Gasteiger partial charge in [-0.1, -0.05) is 25.7 Å². The summed E-state index contributed by atoms with van der Waals surface area (Å²) in [6.45, 7) is 7.59. The maximum absolute atomic E-state index is 11.2. The largest absolute Gasteiger partial charge is 0.372 e. The molecule has 14 heavy (non-hydrogen) atoms. The van der Waals surface area contributed by atoms with Crippen molar-refractivity contribution >= 4 is 5.97 Å². The zero-order valence-electron chi connectivity index (χ0n) is 9.64. The predicted octanol–water partition coefficient (Wildman–Crippen LogP) is 3.12. The molecule has 0 amide bonds. The minimum Gasteiger partial charge on any atom is -0.372 e. The van der Waals surface area contributed by atoms with Crippen LogP contribution in [0.15, 0.2) is 0 Å². The molecule has 0 saturated carbocycles. The van der Waals surface area contributed by atoms with Crippen LogP contribution in [0.3, 0.4) is 0 Å². The second-order valence-electron chi connectivity index (χ2n) is 4.38. The van der Waals surface area contributed by atoms with Crippen LogP contribution in [0.2, 0.25) is 0 Å². The van der Waals surface area contributed by atoms with E-state index in [-0.39, 0.29) is 5.97 Å². The Hall–Kier alpha value is -0.970. The molecule has 80 valence electrons. The lowest BCUT2D eigenvalue weighted by atomic mass is 9.98. The lowest BCUT2D eigenvalue weighted by Gasteiger charge is -2.12. The summed E-state index contributed by atoms with van der Waals surface area (Å²) in [4.78, 5) is 11.2. The number of carbonyl (C=O) groups excluding carboxylic acids is 1. The second kappa shape index (κ2) is 6.48. The third-order valence-corrected chi connectivity index (χ3v) is 1.73. The Morgan fingerprint density at radius 2 is 1.93 bits per heavy atom. The molecule has 0 aliphatic rings. The fourth-order valence-corrected chi connectivity index (χ4v) is 0.750. The van der Waals surface area contributed by atoms with Crippen molar-refractivity contribution in [2.24, 2.45) is 5.41 Å². The second-order valence-corrected chi connectivity index (χ2v) is 4.38. The third kappa shape index (κ3) is 6.54. The van der Waals surface area contributed by atoms with Crippen LogP contribution in [-0.4, -0.2) is 5.97 Å². The molecule has 0 aliphatic carbocycles. The minimum atomic E-state index is -0.460. The maximum atomic E-state index is 11.2. The highest BCUT2D eigenvalue weighted by atomic mass is 16.5.